The minimum absolute atomic E-state index is 0.378. The SMILES string of the molecule is O=c1[nH]nc2cc(-c3ccc(C(F)(F)F)cc3)c3ccc(Br)cc3n12. The highest BCUT2D eigenvalue weighted by molar-refractivity contribution is 9.10. The molecule has 0 unspecified atom stereocenters. The van der Waals surface area contributed by atoms with Crippen molar-refractivity contribution in [3.63, 3.8) is 0 Å². The van der Waals surface area contributed by atoms with E-state index in [1.807, 2.05) is 12.1 Å². The molecule has 4 nitrogen and oxygen atoms in total. The molecule has 1 N–H and O–H groups in total. The highest BCUT2D eigenvalue weighted by Gasteiger charge is 2.30. The van der Waals surface area contributed by atoms with E-state index in [1.165, 1.54) is 16.5 Å². The number of H-pyrrole nitrogens is 1. The summed E-state index contributed by atoms with van der Waals surface area (Å²) < 4.78 is 40.5. The van der Waals surface area contributed by atoms with Gasteiger partial charge in [0.25, 0.3) is 0 Å². The van der Waals surface area contributed by atoms with Gasteiger partial charge in [0.05, 0.1) is 11.1 Å². The third kappa shape index (κ3) is 2.62. The minimum atomic E-state index is -4.38. The Hall–Kier alpha value is -2.61. The van der Waals surface area contributed by atoms with E-state index in [-0.39, 0.29) is 5.69 Å². The lowest BCUT2D eigenvalue weighted by molar-refractivity contribution is -0.137. The summed E-state index contributed by atoms with van der Waals surface area (Å²) in [5.74, 6) is 0. The number of aromatic amines is 1. The van der Waals surface area contributed by atoms with E-state index >= 15 is 0 Å². The lowest BCUT2D eigenvalue weighted by atomic mass is 10.00. The Morgan fingerprint density at radius 2 is 1.76 bits per heavy atom. The molecule has 4 rings (SSSR count). The summed E-state index contributed by atoms with van der Waals surface area (Å²) in [6, 6.07) is 12.0. The monoisotopic (exact) mass is 407 g/mol. The number of benzene rings is 2. The molecule has 2 aromatic heterocycles. The van der Waals surface area contributed by atoms with Crippen LogP contribution in [0.2, 0.25) is 0 Å². The third-order valence-corrected chi connectivity index (χ3v) is 4.48. The van der Waals surface area contributed by atoms with Crippen molar-refractivity contribution < 1.29 is 13.2 Å². The molecule has 0 spiro atoms. The summed E-state index contributed by atoms with van der Waals surface area (Å²) in [6.45, 7) is 0. The average Bonchev–Trinajstić information content (AvgIpc) is 2.94. The van der Waals surface area contributed by atoms with E-state index in [9.17, 15) is 18.0 Å². The highest BCUT2D eigenvalue weighted by atomic mass is 79.9. The van der Waals surface area contributed by atoms with Crippen molar-refractivity contribution in [2.24, 2.45) is 0 Å². The van der Waals surface area contributed by atoms with Crippen LogP contribution in [-0.2, 0) is 6.18 Å². The summed E-state index contributed by atoms with van der Waals surface area (Å²) in [6.07, 6.45) is -4.38. The number of rotatable bonds is 1. The van der Waals surface area contributed by atoms with Crippen LogP contribution < -0.4 is 5.69 Å². The van der Waals surface area contributed by atoms with Crippen molar-refractivity contribution in [3.8, 4) is 11.1 Å². The number of hydrogen-bond donors (Lipinski definition) is 1. The van der Waals surface area contributed by atoms with Gasteiger partial charge in [-0.2, -0.15) is 18.3 Å². The normalized spacial score (nSPS) is 12.2. The van der Waals surface area contributed by atoms with E-state index < -0.39 is 11.7 Å². The van der Waals surface area contributed by atoms with Gasteiger partial charge in [-0.05, 0) is 41.5 Å². The first kappa shape index (κ1) is 15.9. The van der Waals surface area contributed by atoms with Crippen molar-refractivity contribution >= 4 is 32.5 Å². The van der Waals surface area contributed by atoms with Crippen molar-refractivity contribution in [3.05, 3.63) is 69.1 Å². The van der Waals surface area contributed by atoms with Gasteiger partial charge in [-0.3, -0.25) is 0 Å². The summed E-state index contributed by atoms with van der Waals surface area (Å²) in [5, 5.41) is 7.10. The van der Waals surface area contributed by atoms with Gasteiger partial charge in [-0.25, -0.2) is 14.3 Å². The molecule has 8 heteroatoms. The minimum Gasteiger partial charge on any atom is -0.246 e. The summed E-state index contributed by atoms with van der Waals surface area (Å²) >= 11 is 3.37. The first-order chi connectivity index (χ1) is 11.8. The Morgan fingerprint density at radius 1 is 1.04 bits per heavy atom. The van der Waals surface area contributed by atoms with Crippen LogP contribution in [0.25, 0.3) is 27.7 Å². The molecule has 0 saturated heterocycles. The maximum atomic E-state index is 12.8. The molecular formula is C17H9BrF3N3O. The largest absolute Gasteiger partial charge is 0.416 e. The topological polar surface area (TPSA) is 50.2 Å². The first-order valence-electron chi connectivity index (χ1n) is 7.21. The lowest BCUT2D eigenvalue weighted by Crippen LogP contribution is -2.10. The van der Waals surface area contributed by atoms with Crippen LogP contribution in [0.15, 0.2) is 57.8 Å². The standard InChI is InChI=1S/C17H9BrF3N3O/c18-11-5-6-12-13(9-1-3-10(4-2-9)17(19,20)21)8-15-22-23-16(25)24(15)14(12)7-11/h1-8H,(H,23,25). The van der Waals surface area contributed by atoms with Crippen LogP contribution in [0.4, 0.5) is 13.2 Å². The van der Waals surface area contributed by atoms with Crippen molar-refractivity contribution in [2.75, 3.05) is 0 Å². The Morgan fingerprint density at radius 3 is 2.44 bits per heavy atom. The van der Waals surface area contributed by atoms with E-state index in [2.05, 4.69) is 26.1 Å². The second kappa shape index (κ2) is 5.45. The van der Waals surface area contributed by atoms with E-state index in [0.29, 0.717) is 22.3 Å². The van der Waals surface area contributed by atoms with Gasteiger partial charge in [0.2, 0.25) is 0 Å². The smallest absolute Gasteiger partial charge is 0.246 e. The van der Waals surface area contributed by atoms with Crippen molar-refractivity contribution in [1.29, 1.82) is 0 Å². The van der Waals surface area contributed by atoms with Gasteiger partial charge in [0.1, 0.15) is 0 Å². The number of alkyl halides is 3. The number of fused-ring (bicyclic) bond motifs is 3. The zero-order valence-corrected chi connectivity index (χ0v) is 14.0. The molecule has 25 heavy (non-hydrogen) atoms. The molecule has 0 atom stereocenters. The quantitative estimate of drug-likeness (QED) is 0.500. The van der Waals surface area contributed by atoms with E-state index in [4.69, 9.17) is 0 Å². The van der Waals surface area contributed by atoms with Gasteiger partial charge in [-0.15, -0.1) is 0 Å². The Balaban J connectivity index is 2.02. The number of hydrogen-bond acceptors (Lipinski definition) is 2. The van der Waals surface area contributed by atoms with Gasteiger partial charge in [-0.1, -0.05) is 34.1 Å². The Labute approximate surface area is 147 Å². The molecule has 2 heterocycles. The predicted molar refractivity (Wildman–Crippen MR) is 91.5 cm³/mol. The molecule has 0 fully saturated rings. The molecule has 2 aromatic carbocycles. The van der Waals surface area contributed by atoms with Crippen LogP contribution in [0.5, 0.6) is 0 Å². The fourth-order valence-corrected chi connectivity index (χ4v) is 3.19. The van der Waals surface area contributed by atoms with Gasteiger partial charge >= 0.3 is 11.9 Å². The van der Waals surface area contributed by atoms with E-state index in [0.717, 1.165) is 22.0 Å². The second-order valence-corrected chi connectivity index (χ2v) is 6.43. The molecule has 126 valence electrons. The summed E-state index contributed by atoms with van der Waals surface area (Å²) in [5.41, 5.74) is 1.23. The molecule has 4 aromatic rings. The van der Waals surface area contributed by atoms with Gasteiger partial charge in [0, 0.05) is 9.86 Å². The Kier molecular flexibility index (Phi) is 3.47. The zero-order chi connectivity index (χ0) is 17.8. The number of nitrogens with zero attached hydrogens (tertiary/aromatic N) is 2. The fraction of sp³-hybridized carbons (Fsp3) is 0.0588. The maximum absolute atomic E-state index is 12.8. The average molecular weight is 408 g/mol. The fourth-order valence-electron chi connectivity index (χ4n) is 2.84. The van der Waals surface area contributed by atoms with E-state index in [1.54, 1.807) is 12.1 Å². The number of halogens is 4. The zero-order valence-electron chi connectivity index (χ0n) is 12.4. The summed E-state index contributed by atoms with van der Waals surface area (Å²) in [4.78, 5) is 12.0. The molecule has 0 aliphatic heterocycles. The van der Waals surface area contributed by atoms with Crippen LogP contribution in [-0.4, -0.2) is 14.6 Å². The molecule has 0 saturated carbocycles. The number of aromatic nitrogens is 3. The number of nitrogens with one attached hydrogen (secondary N) is 1. The van der Waals surface area contributed by atoms with Crippen LogP contribution in [0, 0.1) is 0 Å². The van der Waals surface area contributed by atoms with Crippen LogP contribution >= 0.6 is 15.9 Å². The van der Waals surface area contributed by atoms with Crippen LogP contribution in [0.3, 0.4) is 0 Å². The third-order valence-electron chi connectivity index (χ3n) is 3.99. The molecule has 0 amide bonds. The number of pyridine rings is 1. The molecule has 0 radical (unpaired) electrons. The predicted octanol–water partition coefficient (Wildman–Crippen LogP) is 4.62. The lowest BCUT2D eigenvalue weighted by Gasteiger charge is -2.11. The van der Waals surface area contributed by atoms with Crippen molar-refractivity contribution in [1.82, 2.24) is 14.6 Å². The first-order valence-corrected chi connectivity index (χ1v) is 8.01. The Bertz CT molecular complexity index is 1160. The maximum Gasteiger partial charge on any atom is 0.416 e. The van der Waals surface area contributed by atoms with Crippen LogP contribution in [0.1, 0.15) is 5.56 Å². The highest BCUT2D eigenvalue weighted by Crippen LogP contribution is 2.34. The van der Waals surface area contributed by atoms with Crippen molar-refractivity contribution in [2.45, 2.75) is 6.18 Å². The van der Waals surface area contributed by atoms with Gasteiger partial charge in [0.15, 0.2) is 5.65 Å². The molecule has 0 aliphatic carbocycles. The summed E-state index contributed by atoms with van der Waals surface area (Å²) in [7, 11) is 0. The molecular weight excluding hydrogens is 399 g/mol. The molecule has 0 bridgehead atoms. The molecule has 0 aliphatic rings. The second-order valence-electron chi connectivity index (χ2n) is 5.52. The van der Waals surface area contributed by atoms with Gasteiger partial charge < -0.3 is 0 Å².